The predicted octanol–water partition coefficient (Wildman–Crippen LogP) is 2.93. The lowest BCUT2D eigenvalue weighted by atomic mass is 10.1. The van der Waals surface area contributed by atoms with Crippen molar-refractivity contribution in [3.8, 4) is 11.5 Å². The van der Waals surface area contributed by atoms with Gasteiger partial charge in [0.1, 0.15) is 0 Å². The van der Waals surface area contributed by atoms with E-state index in [-0.39, 0.29) is 29.7 Å². The molecule has 1 heterocycles. The minimum absolute atomic E-state index is 0.0124. The number of carbonyl (C=O) groups excluding carboxylic acids is 1. The van der Waals surface area contributed by atoms with Crippen LogP contribution in [0.2, 0.25) is 0 Å². The molecule has 1 saturated heterocycles. The van der Waals surface area contributed by atoms with Gasteiger partial charge in [0.15, 0.2) is 11.5 Å². The summed E-state index contributed by atoms with van der Waals surface area (Å²) >= 11 is 0. The van der Waals surface area contributed by atoms with Crippen molar-refractivity contribution in [2.45, 2.75) is 19.3 Å². The molecule has 1 aliphatic rings. The number of para-hydroxylation sites is 1. The molecule has 0 aliphatic carbocycles. The van der Waals surface area contributed by atoms with Gasteiger partial charge in [-0.2, -0.15) is 8.78 Å². The number of rotatable bonds is 8. The van der Waals surface area contributed by atoms with Gasteiger partial charge in [-0.15, -0.1) is 0 Å². The fourth-order valence-electron chi connectivity index (χ4n) is 3.26. The standard InChI is InChI=1S/C21H24F2N2O4/c1-27-18-9-5-8-17(19(18)29-21(22)23)20(26)24-12-16-14-25(10-11-28-16)13-15-6-3-2-4-7-15/h2-9,16,21H,10-14H2,1H3,(H,24,26). The maximum Gasteiger partial charge on any atom is 0.387 e. The average molecular weight is 406 g/mol. The minimum Gasteiger partial charge on any atom is -0.493 e. The first kappa shape index (κ1) is 21.0. The van der Waals surface area contributed by atoms with Crippen LogP contribution in [0.15, 0.2) is 48.5 Å². The van der Waals surface area contributed by atoms with E-state index in [1.54, 1.807) is 6.07 Å². The highest BCUT2D eigenvalue weighted by Gasteiger charge is 2.24. The highest BCUT2D eigenvalue weighted by atomic mass is 19.3. The van der Waals surface area contributed by atoms with E-state index < -0.39 is 12.5 Å². The van der Waals surface area contributed by atoms with E-state index in [2.05, 4.69) is 27.1 Å². The van der Waals surface area contributed by atoms with Crippen molar-refractivity contribution in [3.05, 3.63) is 59.7 Å². The van der Waals surface area contributed by atoms with Gasteiger partial charge >= 0.3 is 6.61 Å². The lowest BCUT2D eigenvalue weighted by Crippen LogP contribution is -2.47. The average Bonchev–Trinajstić information content (AvgIpc) is 2.73. The second kappa shape index (κ2) is 10.2. The molecule has 8 heteroatoms. The lowest BCUT2D eigenvalue weighted by molar-refractivity contribution is -0.0516. The zero-order valence-corrected chi connectivity index (χ0v) is 16.1. The van der Waals surface area contributed by atoms with Crippen LogP contribution in [0.25, 0.3) is 0 Å². The molecule has 0 radical (unpaired) electrons. The zero-order chi connectivity index (χ0) is 20.6. The smallest absolute Gasteiger partial charge is 0.387 e. The third-order valence-electron chi connectivity index (χ3n) is 4.61. The molecule has 2 aromatic carbocycles. The zero-order valence-electron chi connectivity index (χ0n) is 16.1. The molecule has 1 N–H and O–H groups in total. The van der Waals surface area contributed by atoms with Gasteiger partial charge in [-0.3, -0.25) is 9.69 Å². The van der Waals surface area contributed by atoms with Crippen molar-refractivity contribution < 1.29 is 27.8 Å². The van der Waals surface area contributed by atoms with Gasteiger partial charge in [0.05, 0.1) is 25.4 Å². The topological polar surface area (TPSA) is 60.0 Å². The highest BCUT2D eigenvalue weighted by molar-refractivity contribution is 5.97. The number of nitrogens with one attached hydrogen (secondary N) is 1. The minimum atomic E-state index is -3.06. The molecule has 0 spiro atoms. The Kier molecular flexibility index (Phi) is 7.37. The Morgan fingerprint density at radius 2 is 2.03 bits per heavy atom. The molecule has 3 rings (SSSR count). The van der Waals surface area contributed by atoms with Crippen LogP contribution in [0.3, 0.4) is 0 Å². The summed E-state index contributed by atoms with van der Waals surface area (Å²) in [6, 6.07) is 14.5. The Balaban J connectivity index is 1.59. The molecule has 1 atom stereocenters. The van der Waals surface area contributed by atoms with E-state index in [0.717, 1.165) is 13.1 Å². The quantitative estimate of drug-likeness (QED) is 0.731. The van der Waals surface area contributed by atoms with Gasteiger partial charge < -0.3 is 19.5 Å². The Morgan fingerprint density at radius 1 is 1.24 bits per heavy atom. The molecule has 1 fully saturated rings. The Bertz CT molecular complexity index is 805. The Hall–Kier alpha value is -2.71. The van der Waals surface area contributed by atoms with E-state index >= 15 is 0 Å². The molecule has 6 nitrogen and oxygen atoms in total. The number of amides is 1. The van der Waals surface area contributed by atoms with Crippen LogP contribution >= 0.6 is 0 Å². The molecule has 156 valence electrons. The van der Waals surface area contributed by atoms with Crippen LogP contribution in [-0.4, -0.2) is 56.9 Å². The lowest BCUT2D eigenvalue weighted by Gasteiger charge is -2.33. The molecule has 1 amide bonds. The number of hydrogen-bond donors (Lipinski definition) is 1. The maximum absolute atomic E-state index is 12.7. The number of methoxy groups -OCH3 is 1. The van der Waals surface area contributed by atoms with Crippen LogP contribution in [0.5, 0.6) is 11.5 Å². The number of hydrogen-bond acceptors (Lipinski definition) is 5. The Labute approximate surface area is 168 Å². The fraction of sp³-hybridized carbons (Fsp3) is 0.381. The van der Waals surface area contributed by atoms with Crippen molar-refractivity contribution in [2.24, 2.45) is 0 Å². The summed E-state index contributed by atoms with van der Waals surface area (Å²) in [7, 11) is 1.33. The van der Waals surface area contributed by atoms with Gasteiger partial charge in [-0.05, 0) is 17.7 Å². The van der Waals surface area contributed by atoms with Gasteiger partial charge in [-0.25, -0.2) is 0 Å². The molecule has 1 unspecified atom stereocenters. The number of ether oxygens (including phenoxy) is 3. The van der Waals surface area contributed by atoms with Crippen molar-refractivity contribution in [1.82, 2.24) is 10.2 Å². The SMILES string of the molecule is COc1cccc(C(=O)NCC2CN(Cc3ccccc3)CCO2)c1OC(F)F. The largest absolute Gasteiger partial charge is 0.493 e. The van der Waals surface area contributed by atoms with E-state index in [1.165, 1.54) is 24.8 Å². The first-order valence-electron chi connectivity index (χ1n) is 9.34. The third kappa shape index (κ3) is 5.88. The van der Waals surface area contributed by atoms with Crippen LogP contribution in [0.1, 0.15) is 15.9 Å². The molecule has 29 heavy (non-hydrogen) atoms. The third-order valence-corrected chi connectivity index (χ3v) is 4.61. The first-order valence-corrected chi connectivity index (χ1v) is 9.34. The molecule has 0 bridgehead atoms. The van der Waals surface area contributed by atoms with E-state index in [9.17, 15) is 13.6 Å². The molecular weight excluding hydrogens is 382 g/mol. The molecule has 0 aromatic heterocycles. The van der Waals surface area contributed by atoms with Gasteiger partial charge in [-0.1, -0.05) is 36.4 Å². The van der Waals surface area contributed by atoms with Crippen LogP contribution < -0.4 is 14.8 Å². The summed E-state index contributed by atoms with van der Waals surface area (Å²) < 4.78 is 40.8. The highest BCUT2D eigenvalue weighted by Crippen LogP contribution is 2.32. The van der Waals surface area contributed by atoms with E-state index in [4.69, 9.17) is 9.47 Å². The summed E-state index contributed by atoms with van der Waals surface area (Å²) in [5, 5.41) is 2.75. The Morgan fingerprint density at radius 3 is 2.76 bits per heavy atom. The van der Waals surface area contributed by atoms with Crippen molar-refractivity contribution in [3.63, 3.8) is 0 Å². The summed E-state index contributed by atoms with van der Waals surface area (Å²) in [6.45, 7) is 0.0274. The summed E-state index contributed by atoms with van der Waals surface area (Å²) in [4.78, 5) is 14.8. The number of alkyl halides is 2. The second-order valence-electron chi connectivity index (χ2n) is 6.64. The van der Waals surface area contributed by atoms with E-state index in [0.29, 0.717) is 13.2 Å². The number of morpholine rings is 1. The molecule has 0 saturated carbocycles. The normalized spacial score (nSPS) is 17.2. The maximum atomic E-state index is 12.7. The fourth-order valence-corrected chi connectivity index (χ4v) is 3.26. The monoisotopic (exact) mass is 406 g/mol. The number of nitrogens with zero attached hydrogens (tertiary/aromatic N) is 1. The molecule has 1 aliphatic heterocycles. The number of benzene rings is 2. The number of halogens is 2. The molecule has 2 aromatic rings. The van der Waals surface area contributed by atoms with Gasteiger partial charge in [0, 0.05) is 26.2 Å². The van der Waals surface area contributed by atoms with Gasteiger partial charge in [0.2, 0.25) is 0 Å². The molecular formula is C21H24F2N2O4. The predicted molar refractivity (Wildman–Crippen MR) is 103 cm³/mol. The number of carbonyl (C=O) groups is 1. The van der Waals surface area contributed by atoms with Crippen molar-refractivity contribution in [1.29, 1.82) is 0 Å². The van der Waals surface area contributed by atoms with Crippen LogP contribution in [-0.2, 0) is 11.3 Å². The van der Waals surface area contributed by atoms with Crippen molar-refractivity contribution in [2.75, 3.05) is 33.4 Å². The van der Waals surface area contributed by atoms with Crippen LogP contribution in [0.4, 0.5) is 8.78 Å². The van der Waals surface area contributed by atoms with E-state index in [1.807, 2.05) is 18.2 Å². The second-order valence-corrected chi connectivity index (χ2v) is 6.64. The summed E-state index contributed by atoms with van der Waals surface area (Å²) in [6.07, 6.45) is -0.193. The van der Waals surface area contributed by atoms with Gasteiger partial charge in [0.25, 0.3) is 5.91 Å². The summed E-state index contributed by atoms with van der Waals surface area (Å²) in [5.41, 5.74) is 1.20. The summed E-state index contributed by atoms with van der Waals surface area (Å²) in [5.74, 6) is -0.734. The first-order chi connectivity index (χ1) is 14.1. The van der Waals surface area contributed by atoms with Crippen LogP contribution in [0, 0.1) is 0 Å². The van der Waals surface area contributed by atoms with Crippen molar-refractivity contribution >= 4 is 5.91 Å².